The molecule has 1 aliphatic rings. The lowest BCUT2D eigenvalue weighted by molar-refractivity contribution is -0.137. The molecule has 0 bridgehead atoms. The summed E-state index contributed by atoms with van der Waals surface area (Å²) < 4.78 is 0. The van der Waals surface area contributed by atoms with Gasteiger partial charge in [0, 0.05) is 12.6 Å². The SMILES string of the molecule is O=C(O)CCCCCC[C@@H]1C(CCC(O)C=Nc2ccccc2)[C@H](O)C[C@@H]1O. The minimum absolute atomic E-state index is 0.0196. The van der Waals surface area contributed by atoms with Crippen molar-refractivity contribution in [3.8, 4) is 0 Å². The zero-order chi connectivity index (χ0) is 20.4. The van der Waals surface area contributed by atoms with Crippen LogP contribution in [0.25, 0.3) is 0 Å². The van der Waals surface area contributed by atoms with Crippen molar-refractivity contribution in [2.45, 2.75) is 76.1 Å². The monoisotopic (exact) mass is 391 g/mol. The van der Waals surface area contributed by atoms with Crippen LogP contribution >= 0.6 is 0 Å². The van der Waals surface area contributed by atoms with Gasteiger partial charge in [-0.25, -0.2) is 0 Å². The summed E-state index contributed by atoms with van der Waals surface area (Å²) in [6.07, 6.45) is 5.78. The molecule has 0 radical (unpaired) electrons. The molecule has 0 heterocycles. The van der Waals surface area contributed by atoms with Crippen LogP contribution in [0.1, 0.15) is 57.8 Å². The molecular formula is C22H33NO5. The van der Waals surface area contributed by atoms with E-state index in [9.17, 15) is 20.1 Å². The third kappa shape index (κ3) is 7.70. The summed E-state index contributed by atoms with van der Waals surface area (Å²) in [6, 6.07) is 9.43. The molecule has 6 heteroatoms. The maximum Gasteiger partial charge on any atom is 0.303 e. The largest absolute Gasteiger partial charge is 0.481 e. The summed E-state index contributed by atoms with van der Waals surface area (Å²) in [7, 11) is 0. The van der Waals surface area contributed by atoms with Gasteiger partial charge in [0.25, 0.3) is 0 Å². The smallest absolute Gasteiger partial charge is 0.303 e. The molecule has 6 nitrogen and oxygen atoms in total. The molecule has 2 unspecified atom stereocenters. The molecule has 0 saturated heterocycles. The van der Waals surface area contributed by atoms with Crippen LogP contribution in [0.15, 0.2) is 35.3 Å². The van der Waals surface area contributed by atoms with Crippen molar-refractivity contribution in [2.75, 3.05) is 0 Å². The molecule has 1 fully saturated rings. The predicted octanol–water partition coefficient (Wildman–Crippen LogP) is 3.31. The molecular weight excluding hydrogens is 358 g/mol. The summed E-state index contributed by atoms with van der Waals surface area (Å²) in [5.41, 5.74) is 0.790. The van der Waals surface area contributed by atoms with Gasteiger partial charge in [-0.2, -0.15) is 0 Å². The number of aliphatic hydroxyl groups is 3. The van der Waals surface area contributed by atoms with E-state index >= 15 is 0 Å². The molecule has 5 atom stereocenters. The van der Waals surface area contributed by atoms with E-state index < -0.39 is 24.3 Å². The Balaban J connectivity index is 1.74. The number of hydrogen-bond acceptors (Lipinski definition) is 5. The number of carboxylic acid groups (broad SMARTS) is 1. The number of nitrogens with zero attached hydrogens (tertiary/aromatic N) is 1. The Kier molecular flexibility index (Phi) is 9.61. The van der Waals surface area contributed by atoms with E-state index in [1.54, 1.807) is 0 Å². The number of carbonyl (C=O) groups is 1. The molecule has 1 saturated carbocycles. The zero-order valence-electron chi connectivity index (χ0n) is 16.4. The van der Waals surface area contributed by atoms with Gasteiger partial charge in [-0.3, -0.25) is 9.79 Å². The van der Waals surface area contributed by atoms with Gasteiger partial charge in [0.2, 0.25) is 0 Å². The van der Waals surface area contributed by atoms with E-state index in [0.29, 0.717) is 25.7 Å². The zero-order valence-corrected chi connectivity index (χ0v) is 16.4. The number of benzene rings is 1. The standard InChI is InChI=1S/C22H33NO5/c24-17(15-23-16-8-4-3-5-9-16)12-13-19-18(20(25)14-21(19)26)10-6-1-2-7-11-22(27)28/h3-5,8-9,15,17-21,24-26H,1-2,6-7,10-14H2,(H,27,28)/t17?,18-,19?,20+,21-/m1/s1. The highest BCUT2D eigenvalue weighted by atomic mass is 16.4. The highest BCUT2D eigenvalue weighted by Crippen LogP contribution is 2.39. The lowest BCUT2D eigenvalue weighted by Crippen LogP contribution is -2.24. The van der Waals surface area contributed by atoms with Gasteiger partial charge in [-0.1, -0.05) is 37.5 Å². The van der Waals surface area contributed by atoms with Crippen molar-refractivity contribution >= 4 is 17.9 Å². The average molecular weight is 392 g/mol. The number of aliphatic carboxylic acids is 1. The second-order valence-electron chi connectivity index (χ2n) is 7.80. The molecule has 156 valence electrons. The fourth-order valence-corrected chi connectivity index (χ4v) is 4.11. The third-order valence-corrected chi connectivity index (χ3v) is 5.65. The Bertz CT molecular complexity index is 606. The topological polar surface area (TPSA) is 110 Å². The van der Waals surface area contributed by atoms with Gasteiger partial charge in [0.15, 0.2) is 0 Å². The van der Waals surface area contributed by atoms with Crippen LogP contribution in [0, 0.1) is 11.8 Å². The first-order valence-electron chi connectivity index (χ1n) is 10.3. The van der Waals surface area contributed by atoms with Crippen LogP contribution in [0.2, 0.25) is 0 Å². The van der Waals surface area contributed by atoms with Crippen molar-refractivity contribution in [2.24, 2.45) is 16.8 Å². The predicted molar refractivity (Wildman–Crippen MR) is 109 cm³/mol. The van der Waals surface area contributed by atoms with E-state index in [-0.39, 0.29) is 18.3 Å². The summed E-state index contributed by atoms with van der Waals surface area (Å²) in [5.74, 6) is -0.745. The number of unbranched alkanes of at least 4 members (excludes halogenated alkanes) is 3. The third-order valence-electron chi connectivity index (χ3n) is 5.65. The van der Waals surface area contributed by atoms with Gasteiger partial charge in [-0.15, -0.1) is 0 Å². The van der Waals surface area contributed by atoms with E-state index in [2.05, 4.69) is 4.99 Å². The fourth-order valence-electron chi connectivity index (χ4n) is 4.11. The minimum Gasteiger partial charge on any atom is -0.481 e. The number of carboxylic acids is 1. The Hall–Kier alpha value is -1.76. The van der Waals surface area contributed by atoms with Gasteiger partial charge in [0.05, 0.1) is 24.0 Å². The quantitative estimate of drug-likeness (QED) is 0.323. The van der Waals surface area contributed by atoms with Gasteiger partial charge >= 0.3 is 5.97 Å². The van der Waals surface area contributed by atoms with Crippen molar-refractivity contribution in [1.82, 2.24) is 0 Å². The van der Waals surface area contributed by atoms with Crippen LogP contribution < -0.4 is 0 Å². The normalized spacial score (nSPS) is 26.0. The molecule has 0 amide bonds. The highest BCUT2D eigenvalue weighted by Gasteiger charge is 2.40. The Morgan fingerprint density at radius 2 is 1.68 bits per heavy atom. The number of rotatable bonds is 12. The van der Waals surface area contributed by atoms with Crippen LogP contribution in [-0.4, -0.2) is 50.9 Å². The van der Waals surface area contributed by atoms with E-state index in [1.165, 1.54) is 6.21 Å². The van der Waals surface area contributed by atoms with Crippen LogP contribution in [0.3, 0.4) is 0 Å². The number of aliphatic hydroxyl groups excluding tert-OH is 3. The van der Waals surface area contributed by atoms with Gasteiger partial charge in [0.1, 0.15) is 0 Å². The summed E-state index contributed by atoms with van der Waals surface area (Å²) in [5, 5.41) is 39.5. The molecule has 28 heavy (non-hydrogen) atoms. The summed E-state index contributed by atoms with van der Waals surface area (Å²) in [6.45, 7) is 0. The van der Waals surface area contributed by atoms with Crippen LogP contribution in [0.5, 0.6) is 0 Å². The molecule has 0 aliphatic heterocycles. The minimum atomic E-state index is -0.760. The first kappa shape index (κ1) is 22.5. The van der Waals surface area contributed by atoms with Crippen LogP contribution in [-0.2, 0) is 4.79 Å². The maximum atomic E-state index is 10.5. The van der Waals surface area contributed by atoms with Crippen molar-refractivity contribution in [3.05, 3.63) is 30.3 Å². The van der Waals surface area contributed by atoms with Gasteiger partial charge < -0.3 is 20.4 Å². The summed E-state index contributed by atoms with van der Waals surface area (Å²) in [4.78, 5) is 14.8. The second kappa shape index (κ2) is 11.9. The van der Waals surface area contributed by atoms with Crippen molar-refractivity contribution in [3.63, 3.8) is 0 Å². The lowest BCUT2D eigenvalue weighted by Gasteiger charge is -2.24. The molecule has 4 N–H and O–H groups in total. The average Bonchev–Trinajstić information content (AvgIpc) is 2.94. The van der Waals surface area contributed by atoms with Crippen molar-refractivity contribution in [1.29, 1.82) is 0 Å². The van der Waals surface area contributed by atoms with Crippen molar-refractivity contribution < 1.29 is 25.2 Å². The van der Waals surface area contributed by atoms with Gasteiger partial charge in [-0.05, 0) is 56.1 Å². The Labute approximate surface area is 166 Å². The number of para-hydroxylation sites is 1. The first-order chi connectivity index (χ1) is 13.5. The van der Waals surface area contributed by atoms with Crippen LogP contribution in [0.4, 0.5) is 5.69 Å². The summed E-state index contributed by atoms with van der Waals surface area (Å²) >= 11 is 0. The molecule has 2 rings (SSSR count). The Morgan fingerprint density at radius 3 is 2.36 bits per heavy atom. The molecule has 1 aromatic carbocycles. The molecule has 1 aromatic rings. The highest BCUT2D eigenvalue weighted by molar-refractivity contribution is 5.67. The molecule has 0 aromatic heterocycles. The van der Waals surface area contributed by atoms with E-state index in [4.69, 9.17) is 5.11 Å². The molecule has 0 spiro atoms. The number of aliphatic imine (C=N–C) groups is 1. The Morgan fingerprint density at radius 1 is 1.04 bits per heavy atom. The lowest BCUT2D eigenvalue weighted by atomic mass is 9.85. The fraction of sp³-hybridized carbons (Fsp3) is 0.636. The van der Waals surface area contributed by atoms with E-state index in [0.717, 1.165) is 31.4 Å². The maximum absolute atomic E-state index is 10.5. The number of hydrogen-bond donors (Lipinski definition) is 4. The second-order valence-corrected chi connectivity index (χ2v) is 7.80. The first-order valence-corrected chi connectivity index (χ1v) is 10.3. The van der Waals surface area contributed by atoms with E-state index in [1.807, 2.05) is 30.3 Å². The molecule has 1 aliphatic carbocycles.